The lowest BCUT2D eigenvalue weighted by Gasteiger charge is -2.56. The Bertz CT molecular complexity index is 843. The molecule has 2 amide bonds. The zero-order chi connectivity index (χ0) is 21.3. The second-order valence-corrected chi connectivity index (χ2v) is 13.1. The molecule has 1 aromatic heterocycles. The lowest BCUT2D eigenvalue weighted by atomic mass is 9.49. The van der Waals surface area contributed by atoms with E-state index in [4.69, 9.17) is 5.73 Å². The number of nitrogens with one attached hydrogen (secondary N) is 1. The maximum absolute atomic E-state index is 13.2. The predicted molar refractivity (Wildman–Crippen MR) is 122 cm³/mol. The van der Waals surface area contributed by atoms with Gasteiger partial charge in [-0.3, -0.25) is 9.59 Å². The monoisotopic (exact) mass is 428 g/mol. The van der Waals surface area contributed by atoms with Crippen LogP contribution in [0.5, 0.6) is 0 Å². The van der Waals surface area contributed by atoms with Crippen LogP contribution in [0.4, 0.5) is 5.00 Å². The van der Waals surface area contributed by atoms with Gasteiger partial charge in [-0.15, -0.1) is 11.3 Å². The molecule has 0 radical (unpaired) electrons. The SMILES string of the molecule is CC(C)(C)[C@@H]1CCc2c(sc(NC(=O)CC34CC5CC(CC(C5)C3)C4)c2C(N)=O)C1. The quantitative estimate of drug-likeness (QED) is 0.660. The van der Waals surface area contributed by atoms with Gasteiger partial charge in [0.2, 0.25) is 5.91 Å². The Labute approximate surface area is 184 Å². The van der Waals surface area contributed by atoms with Crippen LogP contribution in [-0.4, -0.2) is 11.8 Å². The topological polar surface area (TPSA) is 72.2 Å². The summed E-state index contributed by atoms with van der Waals surface area (Å²) in [5.41, 5.74) is 7.92. The molecule has 5 heteroatoms. The minimum absolute atomic E-state index is 0.0884. The van der Waals surface area contributed by atoms with Crippen LogP contribution in [0.3, 0.4) is 0 Å². The number of hydrogen-bond donors (Lipinski definition) is 2. The highest BCUT2D eigenvalue weighted by Gasteiger charge is 2.51. The van der Waals surface area contributed by atoms with Crippen molar-refractivity contribution in [1.29, 1.82) is 0 Å². The standard InChI is InChI=1S/C25H36N2O2S/c1-24(2,3)17-4-5-18-19(9-17)30-23(21(18)22(26)29)27-20(28)13-25-10-14-6-15(11-25)8-16(7-14)12-25/h14-17H,4-13H2,1-3H3,(H2,26,29)(H,27,28)/t14?,15?,16?,17-,25?/m1/s1. The van der Waals surface area contributed by atoms with E-state index in [2.05, 4.69) is 26.1 Å². The average molecular weight is 429 g/mol. The van der Waals surface area contributed by atoms with Gasteiger partial charge in [0, 0.05) is 11.3 Å². The van der Waals surface area contributed by atoms with Crippen LogP contribution in [0.2, 0.25) is 0 Å². The molecule has 4 fully saturated rings. The predicted octanol–water partition coefficient (Wildman–Crippen LogP) is 5.54. The molecule has 30 heavy (non-hydrogen) atoms. The van der Waals surface area contributed by atoms with Crippen LogP contribution in [0, 0.1) is 34.5 Å². The molecule has 4 nitrogen and oxygen atoms in total. The van der Waals surface area contributed by atoms with Crippen molar-refractivity contribution in [2.24, 2.45) is 40.2 Å². The van der Waals surface area contributed by atoms with Crippen molar-refractivity contribution in [3.63, 3.8) is 0 Å². The fourth-order valence-corrected chi connectivity index (χ4v) is 9.04. The summed E-state index contributed by atoms with van der Waals surface area (Å²) in [5.74, 6) is 2.81. The third kappa shape index (κ3) is 3.61. The van der Waals surface area contributed by atoms with Crippen molar-refractivity contribution in [1.82, 2.24) is 0 Å². The van der Waals surface area contributed by atoms with E-state index in [0.717, 1.165) is 42.6 Å². The summed E-state index contributed by atoms with van der Waals surface area (Å²) in [7, 11) is 0. The van der Waals surface area contributed by atoms with Crippen molar-refractivity contribution in [3.05, 3.63) is 16.0 Å². The molecule has 4 bridgehead atoms. The molecule has 0 unspecified atom stereocenters. The first kappa shape index (κ1) is 20.5. The van der Waals surface area contributed by atoms with Gasteiger partial charge in [-0.2, -0.15) is 0 Å². The molecule has 3 N–H and O–H groups in total. The molecule has 4 saturated carbocycles. The van der Waals surface area contributed by atoms with Gasteiger partial charge in [-0.25, -0.2) is 0 Å². The van der Waals surface area contributed by atoms with Crippen molar-refractivity contribution >= 4 is 28.2 Å². The highest BCUT2D eigenvalue weighted by atomic mass is 32.1. The Hall–Kier alpha value is -1.36. The van der Waals surface area contributed by atoms with E-state index in [0.29, 0.717) is 22.9 Å². The lowest BCUT2D eigenvalue weighted by molar-refractivity contribution is -0.124. The number of carbonyl (C=O) groups excluding carboxylic acids is 2. The van der Waals surface area contributed by atoms with Crippen molar-refractivity contribution < 1.29 is 9.59 Å². The summed E-state index contributed by atoms with van der Waals surface area (Å²) in [5, 5.41) is 3.86. The number of hydrogen-bond acceptors (Lipinski definition) is 3. The van der Waals surface area contributed by atoms with E-state index >= 15 is 0 Å². The van der Waals surface area contributed by atoms with Gasteiger partial charge in [0.25, 0.3) is 5.91 Å². The number of rotatable bonds is 4. The van der Waals surface area contributed by atoms with E-state index in [-0.39, 0.29) is 16.7 Å². The summed E-state index contributed by atoms with van der Waals surface area (Å²) >= 11 is 1.60. The van der Waals surface area contributed by atoms with Crippen LogP contribution < -0.4 is 11.1 Å². The maximum Gasteiger partial charge on any atom is 0.251 e. The Morgan fingerprint density at radius 1 is 1.10 bits per heavy atom. The van der Waals surface area contributed by atoms with Gasteiger partial charge in [-0.05, 0) is 97.9 Å². The fraction of sp³-hybridized carbons (Fsp3) is 0.760. The van der Waals surface area contributed by atoms with Crippen molar-refractivity contribution in [3.8, 4) is 0 Å². The van der Waals surface area contributed by atoms with Crippen molar-refractivity contribution in [2.75, 3.05) is 5.32 Å². The van der Waals surface area contributed by atoms with E-state index in [1.807, 2.05) is 0 Å². The molecular weight excluding hydrogens is 392 g/mol. The maximum atomic E-state index is 13.2. The van der Waals surface area contributed by atoms with Gasteiger partial charge in [-0.1, -0.05) is 20.8 Å². The highest BCUT2D eigenvalue weighted by Crippen LogP contribution is 2.61. The van der Waals surface area contributed by atoms with Crippen LogP contribution in [0.25, 0.3) is 0 Å². The van der Waals surface area contributed by atoms with Gasteiger partial charge in [0.15, 0.2) is 0 Å². The zero-order valence-corrected chi connectivity index (χ0v) is 19.5. The molecular formula is C25H36N2O2S. The molecule has 5 aliphatic carbocycles. The first-order valence-corrected chi connectivity index (χ1v) is 12.7. The summed E-state index contributed by atoms with van der Waals surface area (Å²) in [6, 6.07) is 0. The molecule has 1 atom stereocenters. The van der Waals surface area contributed by atoms with Crippen LogP contribution in [0.1, 0.15) is 92.9 Å². The lowest BCUT2D eigenvalue weighted by Crippen LogP contribution is -2.47. The minimum Gasteiger partial charge on any atom is -0.365 e. The number of fused-ring (bicyclic) bond motifs is 1. The van der Waals surface area contributed by atoms with Crippen LogP contribution >= 0.6 is 11.3 Å². The normalized spacial score (nSPS) is 34.6. The molecule has 6 rings (SSSR count). The van der Waals surface area contributed by atoms with E-state index in [1.165, 1.54) is 43.4 Å². The number of carbonyl (C=O) groups is 2. The summed E-state index contributed by atoms with van der Waals surface area (Å²) < 4.78 is 0. The second-order valence-electron chi connectivity index (χ2n) is 12.0. The average Bonchev–Trinajstić information content (AvgIpc) is 2.95. The van der Waals surface area contributed by atoms with Gasteiger partial charge in [0.05, 0.1) is 5.56 Å². The zero-order valence-electron chi connectivity index (χ0n) is 18.7. The summed E-state index contributed by atoms with van der Waals surface area (Å²) in [6.07, 6.45) is 11.4. The number of nitrogens with two attached hydrogens (primary N) is 1. The molecule has 1 heterocycles. The summed E-state index contributed by atoms with van der Waals surface area (Å²) in [4.78, 5) is 26.7. The minimum atomic E-state index is -0.396. The Balaban J connectivity index is 1.34. The van der Waals surface area contributed by atoms with Gasteiger partial charge < -0.3 is 11.1 Å². The molecule has 0 spiro atoms. The molecule has 0 aromatic carbocycles. The number of amides is 2. The van der Waals surface area contributed by atoms with Crippen molar-refractivity contribution in [2.45, 2.75) is 85.0 Å². The molecule has 1 aromatic rings. The first-order valence-electron chi connectivity index (χ1n) is 11.9. The van der Waals surface area contributed by atoms with Gasteiger partial charge >= 0.3 is 0 Å². The number of anilines is 1. The number of primary amides is 1. The van der Waals surface area contributed by atoms with E-state index < -0.39 is 5.91 Å². The second kappa shape index (κ2) is 7.08. The summed E-state index contributed by atoms with van der Waals surface area (Å²) in [6.45, 7) is 6.87. The van der Waals surface area contributed by atoms with Gasteiger partial charge in [0.1, 0.15) is 5.00 Å². The highest BCUT2D eigenvalue weighted by molar-refractivity contribution is 7.17. The Morgan fingerprint density at radius 2 is 1.70 bits per heavy atom. The Kier molecular flexibility index (Phi) is 4.85. The Morgan fingerprint density at radius 3 is 2.23 bits per heavy atom. The largest absolute Gasteiger partial charge is 0.365 e. The van der Waals surface area contributed by atoms with E-state index in [1.54, 1.807) is 11.3 Å². The van der Waals surface area contributed by atoms with E-state index in [9.17, 15) is 9.59 Å². The van der Waals surface area contributed by atoms with Crippen LogP contribution in [-0.2, 0) is 17.6 Å². The molecule has 0 saturated heterocycles. The molecule has 5 aliphatic rings. The molecule has 0 aliphatic heterocycles. The fourth-order valence-electron chi connectivity index (χ4n) is 7.69. The van der Waals surface area contributed by atoms with Crippen LogP contribution in [0.15, 0.2) is 0 Å². The number of thiophene rings is 1. The first-order chi connectivity index (χ1) is 14.1. The third-order valence-electron chi connectivity index (χ3n) is 8.69. The smallest absolute Gasteiger partial charge is 0.251 e. The molecule has 164 valence electrons. The third-order valence-corrected chi connectivity index (χ3v) is 9.86.